The van der Waals surface area contributed by atoms with Gasteiger partial charge in [-0.3, -0.25) is 20.1 Å². The Morgan fingerprint density at radius 3 is 2.54 bits per heavy atom. The second-order valence-corrected chi connectivity index (χ2v) is 6.33. The van der Waals surface area contributed by atoms with Gasteiger partial charge in [-0.15, -0.1) is 5.10 Å². The molecule has 0 aliphatic carbocycles. The van der Waals surface area contributed by atoms with Gasteiger partial charge in [-0.2, -0.15) is 18.2 Å². The molecule has 1 unspecified atom stereocenters. The Morgan fingerprint density at radius 1 is 1.33 bits per heavy atom. The van der Waals surface area contributed by atoms with Crippen LogP contribution in [0, 0.1) is 0 Å². The molecule has 134 valence electrons. The van der Waals surface area contributed by atoms with Crippen molar-refractivity contribution in [3.63, 3.8) is 0 Å². The fourth-order valence-electron chi connectivity index (χ4n) is 2.22. The molecule has 2 amide bonds. The number of alkyl halides is 3. The molecule has 0 saturated carbocycles. The summed E-state index contributed by atoms with van der Waals surface area (Å²) in [5.74, 6) is -2.47. The van der Waals surface area contributed by atoms with Crippen molar-refractivity contribution in [3.8, 4) is 0 Å². The molecule has 1 aliphatic heterocycles. The maximum Gasteiger partial charge on any atom is 0.451 e. The molecular formula is C13H18F3N5O3. The molecule has 1 aromatic heterocycles. The number of hydrogen-bond acceptors (Lipinski definition) is 5. The summed E-state index contributed by atoms with van der Waals surface area (Å²) >= 11 is 0. The number of hydrogen-bond donors (Lipinski definition) is 2. The summed E-state index contributed by atoms with van der Waals surface area (Å²) in [5, 5.41) is 7.18. The summed E-state index contributed by atoms with van der Waals surface area (Å²) in [6.07, 6.45) is -4.38. The van der Waals surface area contributed by atoms with Gasteiger partial charge in [-0.1, -0.05) is 0 Å². The summed E-state index contributed by atoms with van der Waals surface area (Å²) in [7, 11) is 0. The molecule has 1 atom stereocenters. The first-order valence-corrected chi connectivity index (χ1v) is 7.27. The molecule has 2 heterocycles. The van der Waals surface area contributed by atoms with Crippen LogP contribution in [0.5, 0.6) is 0 Å². The number of halogens is 3. The largest absolute Gasteiger partial charge is 0.451 e. The first-order chi connectivity index (χ1) is 11.0. The van der Waals surface area contributed by atoms with E-state index in [-0.39, 0.29) is 0 Å². The van der Waals surface area contributed by atoms with Crippen molar-refractivity contribution >= 4 is 17.9 Å². The Labute approximate surface area is 135 Å². The Kier molecular flexibility index (Phi) is 4.72. The molecule has 2 rings (SSSR count). The lowest BCUT2D eigenvalue weighted by atomic mass is 10.2. The molecule has 0 aromatic carbocycles. The fourth-order valence-corrected chi connectivity index (χ4v) is 2.22. The van der Waals surface area contributed by atoms with Gasteiger partial charge in [0.25, 0.3) is 0 Å². The van der Waals surface area contributed by atoms with Crippen LogP contribution in [0.2, 0.25) is 0 Å². The summed E-state index contributed by atoms with van der Waals surface area (Å²) in [6.45, 7) is 5.42. The van der Waals surface area contributed by atoms with Gasteiger partial charge in [0.1, 0.15) is 11.6 Å². The van der Waals surface area contributed by atoms with Crippen molar-refractivity contribution in [1.29, 1.82) is 0 Å². The molecule has 0 spiro atoms. The van der Waals surface area contributed by atoms with Crippen molar-refractivity contribution < 1.29 is 27.5 Å². The average Bonchev–Trinajstić information content (AvgIpc) is 3.03. The number of rotatable bonds is 2. The monoisotopic (exact) mass is 349 g/mol. The molecule has 8 nitrogen and oxygen atoms in total. The summed E-state index contributed by atoms with van der Waals surface area (Å²) in [6, 6.07) is -0.840. The molecule has 0 bridgehead atoms. The zero-order valence-electron chi connectivity index (χ0n) is 13.4. The highest BCUT2D eigenvalue weighted by atomic mass is 19.4. The highest BCUT2D eigenvalue weighted by molar-refractivity contribution is 5.95. The van der Waals surface area contributed by atoms with E-state index in [4.69, 9.17) is 4.74 Å². The Balaban J connectivity index is 2.03. The number of aromatic amines is 1. The molecular weight excluding hydrogens is 331 g/mol. The highest BCUT2D eigenvalue weighted by Gasteiger charge is 2.38. The highest BCUT2D eigenvalue weighted by Crippen LogP contribution is 2.26. The van der Waals surface area contributed by atoms with Gasteiger partial charge in [0.05, 0.1) is 0 Å². The van der Waals surface area contributed by atoms with Gasteiger partial charge in [0, 0.05) is 6.54 Å². The van der Waals surface area contributed by atoms with E-state index in [1.54, 1.807) is 25.9 Å². The van der Waals surface area contributed by atoms with Gasteiger partial charge in [-0.25, -0.2) is 4.79 Å². The lowest BCUT2D eigenvalue weighted by Crippen LogP contribution is -2.45. The molecule has 1 saturated heterocycles. The van der Waals surface area contributed by atoms with E-state index in [2.05, 4.69) is 15.4 Å². The molecule has 11 heteroatoms. The second kappa shape index (κ2) is 6.29. The minimum Gasteiger partial charge on any atom is -0.444 e. The number of ether oxygens (including phenoxy) is 1. The third kappa shape index (κ3) is 4.36. The molecule has 1 aromatic rings. The zero-order chi connectivity index (χ0) is 18.1. The molecule has 2 N–H and O–H groups in total. The van der Waals surface area contributed by atoms with Crippen LogP contribution in [-0.2, 0) is 15.7 Å². The number of H-pyrrole nitrogens is 1. The van der Waals surface area contributed by atoms with E-state index in [9.17, 15) is 22.8 Å². The predicted octanol–water partition coefficient (Wildman–Crippen LogP) is 2.16. The Morgan fingerprint density at radius 2 is 2.00 bits per heavy atom. The smallest absolute Gasteiger partial charge is 0.444 e. The van der Waals surface area contributed by atoms with Gasteiger partial charge in [0.2, 0.25) is 17.7 Å². The van der Waals surface area contributed by atoms with Gasteiger partial charge < -0.3 is 4.74 Å². The number of carbonyl (C=O) groups excluding carboxylic acids is 2. The van der Waals surface area contributed by atoms with Crippen molar-refractivity contribution in [2.75, 3.05) is 11.9 Å². The normalized spacial score (nSPS) is 18.6. The lowest BCUT2D eigenvalue weighted by Gasteiger charge is -2.27. The van der Waals surface area contributed by atoms with Crippen LogP contribution < -0.4 is 5.32 Å². The second-order valence-electron chi connectivity index (χ2n) is 6.33. The standard InChI is InChI=1S/C13H18F3N5O3/c1-12(2,3)24-11(23)21-6-4-5-7(21)8(22)17-10-18-9(19-20-10)13(14,15)16/h7H,4-6H2,1-3H3,(H2,17,18,19,20,22). The zero-order valence-corrected chi connectivity index (χ0v) is 13.4. The van der Waals surface area contributed by atoms with E-state index >= 15 is 0 Å². The first-order valence-electron chi connectivity index (χ1n) is 7.27. The topological polar surface area (TPSA) is 100 Å². The van der Waals surface area contributed by atoms with Gasteiger partial charge >= 0.3 is 12.3 Å². The van der Waals surface area contributed by atoms with Crippen LogP contribution in [0.4, 0.5) is 23.9 Å². The summed E-state index contributed by atoms with van der Waals surface area (Å²) in [5.41, 5.74) is -0.716. The van der Waals surface area contributed by atoms with Crippen LogP contribution in [0.3, 0.4) is 0 Å². The number of likely N-dealkylation sites (tertiary alicyclic amines) is 1. The van der Waals surface area contributed by atoms with Crippen molar-refractivity contribution in [2.24, 2.45) is 0 Å². The van der Waals surface area contributed by atoms with Crippen molar-refractivity contribution in [1.82, 2.24) is 20.1 Å². The predicted molar refractivity (Wildman–Crippen MR) is 76.0 cm³/mol. The van der Waals surface area contributed by atoms with Crippen molar-refractivity contribution in [3.05, 3.63) is 5.82 Å². The van der Waals surface area contributed by atoms with Gasteiger partial charge in [-0.05, 0) is 33.6 Å². The molecule has 1 fully saturated rings. The number of nitrogens with zero attached hydrogens (tertiary/aromatic N) is 3. The molecule has 24 heavy (non-hydrogen) atoms. The maximum atomic E-state index is 12.4. The van der Waals surface area contributed by atoms with E-state index in [0.717, 1.165) is 0 Å². The van der Waals surface area contributed by atoms with Crippen LogP contribution in [-0.4, -0.2) is 50.3 Å². The average molecular weight is 349 g/mol. The summed E-state index contributed by atoms with van der Waals surface area (Å²) < 4.78 is 42.6. The SMILES string of the molecule is CC(C)(C)OC(=O)N1CCCC1C(=O)Nc1n[nH]c(C(F)(F)F)n1. The van der Waals surface area contributed by atoms with E-state index in [0.29, 0.717) is 19.4 Å². The lowest BCUT2D eigenvalue weighted by molar-refractivity contribution is -0.144. The minimum absolute atomic E-state index is 0.328. The number of aromatic nitrogens is 3. The third-order valence-corrected chi connectivity index (χ3v) is 3.17. The van der Waals surface area contributed by atoms with Crippen molar-refractivity contribution in [2.45, 2.75) is 51.4 Å². The van der Waals surface area contributed by atoms with Crippen LogP contribution in [0.25, 0.3) is 0 Å². The number of amides is 2. The van der Waals surface area contributed by atoms with E-state index < -0.39 is 41.6 Å². The van der Waals surface area contributed by atoms with E-state index in [1.807, 2.05) is 0 Å². The van der Waals surface area contributed by atoms with Gasteiger partial charge in [0.15, 0.2) is 0 Å². The Bertz CT molecular complexity index is 623. The number of nitrogens with one attached hydrogen (secondary N) is 2. The third-order valence-electron chi connectivity index (χ3n) is 3.17. The Hall–Kier alpha value is -2.33. The number of carbonyl (C=O) groups is 2. The summed E-state index contributed by atoms with van der Waals surface area (Å²) in [4.78, 5) is 28.7. The fraction of sp³-hybridized carbons (Fsp3) is 0.692. The number of anilines is 1. The molecule has 0 radical (unpaired) electrons. The first kappa shape index (κ1) is 18.0. The van der Waals surface area contributed by atoms with Crippen LogP contribution in [0.15, 0.2) is 0 Å². The minimum atomic E-state index is -4.69. The maximum absolute atomic E-state index is 12.4. The molecule has 1 aliphatic rings. The van der Waals surface area contributed by atoms with E-state index in [1.165, 1.54) is 4.90 Å². The van der Waals surface area contributed by atoms with Crippen LogP contribution >= 0.6 is 0 Å². The quantitative estimate of drug-likeness (QED) is 0.852. The van der Waals surface area contributed by atoms with Crippen LogP contribution in [0.1, 0.15) is 39.4 Å².